The summed E-state index contributed by atoms with van der Waals surface area (Å²) in [5.41, 5.74) is 5.43. The maximum Gasteiger partial charge on any atom is 0.242 e. The van der Waals surface area contributed by atoms with Gasteiger partial charge in [-0.15, -0.1) is 0 Å². The van der Waals surface area contributed by atoms with Crippen LogP contribution >= 0.6 is 0 Å². The summed E-state index contributed by atoms with van der Waals surface area (Å²) in [4.78, 5) is 38.7. The molecule has 1 N–H and O–H groups in total. The van der Waals surface area contributed by atoms with E-state index in [1.54, 1.807) is 36.9 Å². The Labute approximate surface area is 242 Å². The maximum atomic E-state index is 13.3. The van der Waals surface area contributed by atoms with Gasteiger partial charge in [0.2, 0.25) is 11.8 Å². The van der Waals surface area contributed by atoms with Gasteiger partial charge in [-0.3, -0.25) is 19.5 Å². The molecule has 8 nitrogen and oxygen atoms in total. The van der Waals surface area contributed by atoms with Crippen molar-refractivity contribution < 1.29 is 14.7 Å². The Morgan fingerprint density at radius 1 is 1.00 bits per heavy atom. The summed E-state index contributed by atoms with van der Waals surface area (Å²) in [5.74, 6) is -0.405. The van der Waals surface area contributed by atoms with Crippen LogP contribution in [0.1, 0.15) is 54.9 Å². The Hall–Kier alpha value is -4.01. The molecule has 0 saturated carbocycles. The number of nitrogens with zero attached hydrogens (tertiary/aromatic N) is 5. The number of pyridine rings is 1. The summed E-state index contributed by atoms with van der Waals surface area (Å²) in [5, 5.41) is 11.1. The first-order valence-corrected chi connectivity index (χ1v) is 14.2. The molecule has 5 rings (SSSR count). The van der Waals surface area contributed by atoms with Crippen molar-refractivity contribution in [2.24, 2.45) is 5.41 Å². The minimum atomic E-state index is -1.14. The highest BCUT2D eigenvalue weighted by molar-refractivity contribution is 6.19. The minimum absolute atomic E-state index is 0.188. The van der Waals surface area contributed by atoms with E-state index in [1.165, 1.54) is 0 Å². The van der Waals surface area contributed by atoms with E-state index in [1.807, 2.05) is 79.6 Å². The summed E-state index contributed by atoms with van der Waals surface area (Å²) >= 11 is 0. The molecule has 41 heavy (non-hydrogen) atoms. The number of anilines is 2. The summed E-state index contributed by atoms with van der Waals surface area (Å²) in [7, 11) is 1.75. The third-order valence-corrected chi connectivity index (χ3v) is 8.25. The molecule has 0 fully saturated rings. The van der Waals surface area contributed by atoms with Crippen molar-refractivity contribution >= 4 is 29.3 Å². The van der Waals surface area contributed by atoms with Gasteiger partial charge in [0, 0.05) is 63.4 Å². The van der Waals surface area contributed by atoms with E-state index in [2.05, 4.69) is 16.0 Å². The lowest BCUT2D eigenvalue weighted by Gasteiger charge is -2.33. The van der Waals surface area contributed by atoms with Crippen LogP contribution in [0.2, 0.25) is 0 Å². The summed E-state index contributed by atoms with van der Waals surface area (Å²) < 4.78 is 0. The van der Waals surface area contributed by atoms with Crippen molar-refractivity contribution in [1.82, 2.24) is 14.8 Å². The SMILES string of the molecule is CCN1C(=O)C(C)(C)C(=O)N(C)c2cc(CN(CCN3C=Cc4ccccc4C3O)Cc3cccnc3C)ccc21. The Morgan fingerprint density at radius 2 is 1.78 bits per heavy atom. The van der Waals surface area contributed by atoms with E-state index in [9.17, 15) is 14.7 Å². The number of aryl methyl sites for hydroxylation is 1. The molecule has 214 valence electrons. The zero-order valence-corrected chi connectivity index (χ0v) is 24.5. The lowest BCUT2D eigenvalue weighted by Crippen LogP contribution is -2.47. The van der Waals surface area contributed by atoms with E-state index >= 15 is 0 Å². The topological polar surface area (TPSA) is 80.2 Å². The first kappa shape index (κ1) is 28.5. The molecule has 0 bridgehead atoms. The van der Waals surface area contributed by atoms with Crippen molar-refractivity contribution in [3.63, 3.8) is 0 Å². The van der Waals surface area contributed by atoms with Crippen LogP contribution in [-0.4, -0.2) is 58.4 Å². The lowest BCUT2D eigenvalue weighted by molar-refractivity contribution is -0.137. The zero-order chi connectivity index (χ0) is 29.3. The highest BCUT2D eigenvalue weighted by Gasteiger charge is 2.45. The predicted molar refractivity (Wildman–Crippen MR) is 162 cm³/mol. The maximum absolute atomic E-state index is 13.3. The first-order valence-electron chi connectivity index (χ1n) is 14.2. The number of carbonyl (C=O) groups excluding carboxylic acids is 2. The fraction of sp³-hybridized carbons (Fsp3) is 0.364. The molecule has 0 radical (unpaired) electrons. The van der Waals surface area contributed by atoms with Gasteiger partial charge in [-0.25, -0.2) is 0 Å². The van der Waals surface area contributed by atoms with Crippen LogP contribution < -0.4 is 9.80 Å². The number of hydrogen-bond acceptors (Lipinski definition) is 6. The van der Waals surface area contributed by atoms with E-state index < -0.39 is 11.6 Å². The Balaban J connectivity index is 1.42. The van der Waals surface area contributed by atoms with Crippen molar-refractivity contribution in [2.75, 3.05) is 36.5 Å². The monoisotopic (exact) mass is 553 g/mol. The quantitative estimate of drug-likeness (QED) is 0.407. The molecule has 2 amide bonds. The van der Waals surface area contributed by atoms with Crippen LogP contribution in [0.15, 0.2) is 67.0 Å². The average molecular weight is 554 g/mol. The standard InChI is InChI=1S/C33H39N5O3/c1-6-38-28-14-13-24(20-29(28)35(5)31(40)33(3,4)32(38)41)21-36(22-26-11-9-16-34-23(26)2)18-19-37-17-15-25-10-7-8-12-27(25)30(37)39/h7-17,20,30,39H,6,18-19,21-22H2,1-5H3. The van der Waals surface area contributed by atoms with E-state index in [0.29, 0.717) is 32.7 Å². The molecule has 0 spiro atoms. The molecule has 1 aromatic heterocycles. The third-order valence-electron chi connectivity index (χ3n) is 8.25. The van der Waals surface area contributed by atoms with Crippen LogP contribution in [0.25, 0.3) is 6.08 Å². The van der Waals surface area contributed by atoms with Crippen LogP contribution in [-0.2, 0) is 22.7 Å². The Kier molecular flexibility index (Phi) is 7.98. The number of carbonyl (C=O) groups is 2. The second kappa shape index (κ2) is 11.5. The van der Waals surface area contributed by atoms with Crippen LogP contribution in [0.5, 0.6) is 0 Å². The molecule has 8 heteroatoms. The zero-order valence-electron chi connectivity index (χ0n) is 24.5. The molecule has 2 aromatic carbocycles. The Bertz CT molecular complexity index is 1480. The van der Waals surface area contributed by atoms with Gasteiger partial charge in [0.05, 0.1) is 11.4 Å². The summed E-state index contributed by atoms with van der Waals surface area (Å²) in [6, 6.07) is 18.0. The van der Waals surface area contributed by atoms with Crippen molar-refractivity contribution in [3.05, 3.63) is 94.9 Å². The smallest absolute Gasteiger partial charge is 0.242 e. The van der Waals surface area contributed by atoms with E-state index in [-0.39, 0.29) is 11.8 Å². The number of amides is 2. The van der Waals surface area contributed by atoms with Crippen molar-refractivity contribution in [2.45, 2.75) is 47.0 Å². The van der Waals surface area contributed by atoms with Gasteiger partial charge in [-0.1, -0.05) is 36.4 Å². The molecule has 1 unspecified atom stereocenters. The molecule has 0 aliphatic carbocycles. The van der Waals surface area contributed by atoms with Gasteiger partial charge in [-0.05, 0) is 68.7 Å². The lowest BCUT2D eigenvalue weighted by atomic mass is 9.90. The first-order chi connectivity index (χ1) is 19.6. The number of rotatable bonds is 8. The number of hydrogen-bond donors (Lipinski definition) is 1. The highest BCUT2D eigenvalue weighted by atomic mass is 16.3. The summed E-state index contributed by atoms with van der Waals surface area (Å²) in [6.45, 7) is 10.4. The predicted octanol–water partition coefficient (Wildman–Crippen LogP) is 4.73. The molecule has 3 aromatic rings. The fourth-order valence-electron chi connectivity index (χ4n) is 5.73. The normalized spacial score (nSPS) is 18.0. The molecular weight excluding hydrogens is 514 g/mol. The second-order valence-corrected chi connectivity index (χ2v) is 11.4. The molecule has 2 aliphatic rings. The van der Waals surface area contributed by atoms with Crippen LogP contribution in [0.4, 0.5) is 11.4 Å². The number of fused-ring (bicyclic) bond motifs is 2. The molecule has 3 heterocycles. The van der Waals surface area contributed by atoms with Gasteiger partial charge in [-0.2, -0.15) is 0 Å². The van der Waals surface area contributed by atoms with Gasteiger partial charge in [0.15, 0.2) is 6.23 Å². The average Bonchev–Trinajstić information content (AvgIpc) is 3.02. The molecule has 0 saturated heterocycles. The fourth-order valence-corrected chi connectivity index (χ4v) is 5.73. The number of aromatic nitrogens is 1. The number of benzene rings is 2. The second-order valence-electron chi connectivity index (χ2n) is 11.4. The third kappa shape index (κ3) is 5.49. The van der Waals surface area contributed by atoms with Gasteiger partial charge < -0.3 is 19.8 Å². The summed E-state index contributed by atoms with van der Waals surface area (Å²) in [6.07, 6.45) is 5.10. The minimum Gasteiger partial charge on any atom is -0.369 e. The van der Waals surface area contributed by atoms with Gasteiger partial charge in [0.1, 0.15) is 5.41 Å². The van der Waals surface area contributed by atoms with Gasteiger partial charge in [0.25, 0.3) is 0 Å². The Morgan fingerprint density at radius 3 is 2.54 bits per heavy atom. The highest BCUT2D eigenvalue weighted by Crippen LogP contribution is 2.39. The van der Waals surface area contributed by atoms with Gasteiger partial charge >= 0.3 is 0 Å². The molecule has 1 atom stereocenters. The molecule has 2 aliphatic heterocycles. The van der Waals surface area contributed by atoms with Crippen LogP contribution in [0.3, 0.4) is 0 Å². The van der Waals surface area contributed by atoms with Crippen molar-refractivity contribution in [1.29, 1.82) is 0 Å². The van der Waals surface area contributed by atoms with E-state index in [4.69, 9.17) is 0 Å². The van der Waals surface area contributed by atoms with Crippen LogP contribution in [0, 0.1) is 12.3 Å². The van der Waals surface area contributed by atoms with Crippen molar-refractivity contribution in [3.8, 4) is 0 Å². The van der Waals surface area contributed by atoms with E-state index in [0.717, 1.165) is 39.3 Å². The molecular formula is C33H39N5O3. The largest absolute Gasteiger partial charge is 0.369 e. The number of aliphatic hydroxyl groups is 1. The number of aliphatic hydroxyl groups excluding tert-OH is 1.